The van der Waals surface area contributed by atoms with Gasteiger partial charge in [0.1, 0.15) is 17.6 Å². The fraction of sp³-hybridized carbons (Fsp3) is 0.0435. The van der Waals surface area contributed by atoms with Crippen molar-refractivity contribution in [1.29, 1.82) is 5.26 Å². The largest absolute Gasteiger partial charge is 0.478 e. The number of benzene rings is 3. The van der Waals surface area contributed by atoms with Gasteiger partial charge in [-0.3, -0.25) is 4.79 Å². The number of aromatic carboxylic acids is 1. The van der Waals surface area contributed by atoms with E-state index in [0.717, 1.165) is 30.3 Å². The number of nitriles is 1. The molecule has 0 fully saturated rings. The van der Waals surface area contributed by atoms with Crippen LogP contribution in [0.2, 0.25) is 5.02 Å². The lowest BCUT2D eigenvalue weighted by Crippen LogP contribution is -2.20. The molecule has 0 saturated carbocycles. The summed E-state index contributed by atoms with van der Waals surface area (Å²) in [7, 11) is 0. The molecule has 0 aliphatic carbocycles. The first-order valence-electron chi connectivity index (χ1n) is 9.40. The molecule has 0 saturated heterocycles. The molecule has 0 radical (unpaired) electrons. The first-order valence-corrected chi connectivity index (χ1v) is 9.78. The van der Waals surface area contributed by atoms with Crippen molar-refractivity contribution in [3.8, 4) is 17.3 Å². The molecule has 0 amide bonds. The van der Waals surface area contributed by atoms with Crippen LogP contribution in [0.1, 0.15) is 31.8 Å². The number of alkyl halides is 3. The second-order valence-corrected chi connectivity index (χ2v) is 7.44. The van der Waals surface area contributed by atoms with Gasteiger partial charge in [-0.15, -0.1) is 0 Å². The standard InChI is InChI=1S/C23H10ClF4N3O3/c24-15-4-1-3-14(23(26,27)28)18(15)21(32)31-17-6-2-5-16(25)19(17)20(30-31)11-7-8-13(22(33)34)12(9-11)10-29/h1-9H,(H,33,34). The van der Waals surface area contributed by atoms with E-state index in [-0.39, 0.29) is 33.3 Å². The molecule has 4 aromatic rings. The van der Waals surface area contributed by atoms with Crippen LogP contribution in [0.5, 0.6) is 0 Å². The molecule has 6 nitrogen and oxygen atoms in total. The van der Waals surface area contributed by atoms with Gasteiger partial charge in [0.25, 0.3) is 5.91 Å². The van der Waals surface area contributed by atoms with Crippen LogP contribution in [-0.4, -0.2) is 26.8 Å². The Hall–Kier alpha value is -4.23. The van der Waals surface area contributed by atoms with Crippen LogP contribution in [0, 0.1) is 17.1 Å². The number of carboxylic acids is 1. The van der Waals surface area contributed by atoms with Gasteiger partial charge in [-0.2, -0.15) is 28.2 Å². The van der Waals surface area contributed by atoms with E-state index in [9.17, 15) is 37.5 Å². The Balaban J connectivity index is 2.00. The molecule has 0 atom stereocenters. The highest BCUT2D eigenvalue weighted by atomic mass is 35.5. The number of carbonyl (C=O) groups excluding carboxylic acids is 1. The van der Waals surface area contributed by atoms with Crippen LogP contribution in [0.25, 0.3) is 22.2 Å². The van der Waals surface area contributed by atoms with Crippen molar-refractivity contribution in [3.63, 3.8) is 0 Å². The maximum Gasteiger partial charge on any atom is 0.417 e. The molecule has 0 unspecified atom stereocenters. The molecule has 170 valence electrons. The van der Waals surface area contributed by atoms with E-state index in [4.69, 9.17) is 11.6 Å². The molecule has 34 heavy (non-hydrogen) atoms. The summed E-state index contributed by atoms with van der Waals surface area (Å²) in [6, 6.07) is 11.7. The van der Waals surface area contributed by atoms with Gasteiger partial charge in [0.2, 0.25) is 0 Å². The van der Waals surface area contributed by atoms with Crippen LogP contribution in [-0.2, 0) is 6.18 Å². The molecule has 0 aliphatic rings. The van der Waals surface area contributed by atoms with Crippen LogP contribution >= 0.6 is 11.6 Å². The Bertz CT molecular complexity index is 1540. The molecule has 0 bridgehead atoms. The Kier molecular flexibility index (Phi) is 5.59. The molecule has 1 aromatic heterocycles. The summed E-state index contributed by atoms with van der Waals surface area (Å²) in [4.78, 5) is 24.5. The maximum atomic E-state index is 14.8. The maximum absolute atomic E-state index is 14.8. The fourth-order valence-electron chi connectivity index (χ4n) is 3.54. The minimum Gasteiger partial charge on any atom is -0.478 e. The number of fused-ring (bicyclic) bond motifs is 1. The lowest BCUT2D eigenvalue weighted by Gasteiger charge is -2.13. The van der Waals surface area contributed by atoms with E-state index in [1.807, 2.05) is 0 Å². The molecular weight excluding hydrogens is 478 g/mol. The lowest BCUT2D eigenvalue weighted by atomic mass is 10.0. The number of hydrogen-bond acceptors (Lipinski definition) is 4. The average molecular weight is 488 g/mol. The third kappa shape index (κ3) is 3.76. The molecule has 1 heterocycles. The van der Waals surface area contributed by atoms with Crippen molar-refractivity contribution in [2.24, 2.45) is 0 Å². The Labute approximate surface area is 193 Å². The zero-order valence-corrected chi connectivity index (χ0v) is 17.4. The van der Waals surface area contributed by atoms with Crippen molar-refractivity contribution in [2.75, 3.05) is 0 Å². The van der Waals surface area contributed by atoms with Gasteiger partial charge < -0.3 is 5.11 Å². The number of carboxylic acid groups (broad SMARTS) is 1. The molecule has 4 rings (SSSR count). The van der Waals surface area contributed by atoms with Gasteiger partial charge in [-0.1, -0.05) is 29.8 Å². The molecule has 0 spiro atoms. The van der Waals surface area contributed by atoms with Crippen molar-refractivity contribution in [3.05, 3.63) is 87.7 Å². The molecular formula is C23H10ClF4N3O3. The van der Waals surface area contributed by atoms with E-state index >= 15 is 0 Å². The summed E-state index contributed by atoms with van der Waals surface area (Å²) in [5, 5.41) is 21.9. The average Bonchev–Trinajstić information content (AvgIpc) is 3.18. The van der Waals surface area contributed by atoms with Crippen LogP contribution in [0.15, 0.2) is 54.6 Å². The summed E-state index contributed by atoms with van der Waals surface area (Å²) < 4.78 is 56.1. The smallest absolute Gasteiger partial charge is 0.417 e. The topological polar surface area (TPSA) is 96.0 Å². The second kappa shape index (κ2) is 8.28. The quantitative estimate of drug-likeness (QED) is 0.370. The number of carbonyl (C=O) groups is 2. The van der Waals surface area contributed by atoms with Gasteiger partial charge >= 0.3 is 12.1 Å². The zero-order valence-electron chi connectivity index (χ0n) is 16.7. The summed E-state index contributed by atoms with van der Waals surface area (Å²) in [5.41, 5.74) is -2.94. The van der Waals surface area contributed by atoms with Gasteiger partial charge in [-0.25, -0.2) is 9.18 Å². The third-order valence-corrected chi connectivity index (χ3v) is 5.34. The van der Waals surface area contributed by atoms with Crippen molar-refractivity contribution in [1.82, 2.24) is 9.78 Å². The van der Waals surface area contributed by atoms with E-state index in [2.05, 4.69) is 5.10 Å². The lowest BCUT2D eigenvalue weighted by molar-refractivity contribution is -0.137. The van der Waals surface area contributed by atoms with Crippen LogP contribution < -0.4 is 0 Å². The molecule has 3 aromatic carbocycles. The van der Waals surface area contributed by atoms with Gasteiger partial charge in [0, 0.05) is 5.56 Å². The minimum absolute atomic E-state index is 0.0819. The minimum atomic E-state index is -4.90. The van der Waals surface area contributed by atoms with Crippen LogP contribution in [0.3, 0.4) is 0 Å². The van der Waals surface area contributed by atoms with Gasteiger partial charge in [0.05, 0.1) is 38.2 Å². The number of aromatic nitrogens is 2. The first-order chi connectivity index (χ1) is 16.0. The van der Waals surface area contributed by atoms with Crippen molar-refractivity contribution < 1.29 is 32.3 Å². The first kappa shape index (κ1) is 22.9. The summed E-state index contributed by atoms with van der Waals surface area (Å²) in [6.45, 7) is 0. The molecule has 1 N–H and O–H groups in total. The van der Waals surface area contributed by atoms with Crippen molar-refractivity contribution in [2.45, 2.75) is 6.18 Å². The van der Waals surface area contributed by atoms with E-state index < -0.39 is 40.0 Å². The number of hydrogen-bond donors (Lipinski definition) is 1. The second-order valence-electron chi connectivity index (χ2n) is 7.04. The fourth-order valence-corrected chi connectivity index (χ4v) is 3.79. The highest BCUT2D eigenvalue weighted by Gasteiger charge is 2.37. The van der Waals surface area contributed by atoms with E-state index in [0.29, 0.717) is 10.7 Å². The predicted molar refractivity (Wildman–Crippen MR) is 113 cm³/mol. The Morgan fingerprint density at radius 3 is 2.44 bits per heavy atom. The number of halogens is 5. The Morgan fingerprint density at radius 2 is 1.79 bits per heavy atom. The monoisotopic (exact) mass is 487 g/mol. The number of nitrogens with zero attached hydrogens (tertiary/aromatic N) is 3. The normalized spacial score (nSPS) is 11.4. The summed E-state index contributed by atoms with van der Waals surface area (Å²) in [6.07, 6.45) is -4.90. The van der Waals surface area contributed by atoms with E-state index in [1.165, 1.54) is 18.2 Å². The van der Waals surface area contributed by atoms with Crippen molar-refractivity contribution >= 4 is 34.4 Å². The predicted octanol–water partition coefficient (Wildman–Crippen LogP) is 5.77. The highest BCUT2D eigenvalue weighted by Crippen LogP contribution is 2.37. The zero-order chi connectivity index (χ0) is 24.8. The summed E-state index contributed by atoms with van der Waals surface area (Å²) in [5.74, 6) is -3.44. The summed E-state index contributed by atoms with van der Waals surface area (Å²) >= 11 is 5.95. The molecule has 11 heteroatoms. The third-order valence-electron chi connectivity index (χ3n) is 5.03. The van der Waals surface area contributed by atoms with E-state index in [1.54, 1.807) is 6.07 Å². The Morgan fingerprint density at radius 1 is 1.09 bits per heavy atom. The SMILES string of the molecule is N#Cc1cc(-c2nn(C(=O)c3c(Cl)cccc3C(F)(F)F)c3cccc(F)c23)ccc1C(=O)O. The molecule has 0 aliphatic heterocycles. The van der Waals surface area contributed by atoms with Gasteiger partial charge in [0.15, 0.2) is 0 Å². The number of rotatable bonds is 3. The van der Waals surface area contributed by atoms with Gasteiger partial charge in [-0.05, 0) is 36.4 Å². The van der Waals surface area contributed by atoms with Crippen LogP contribution in [0.4, 0.5) is 17.6 Å². The highest BCUT2D eigenvalue weighted by molar-refractivity contribution is 6.34.